The zero-order valence-electron chi connectivity index (χ0n) is 19.5. The molecule has 0 N–H and O–H groups in total. The van der Waals surface area contributed by atoms with Crippen LogP contribution in [0.15, 0.2) is 47.6 Å². The summed E-state index contributed by atoms with van der Waals surface area (Å²) < 4.78 is 16.0. The second-order valence-electron chi connectivity index (χ2n) is 7.74. The van der Waals surface area contributed by atoms with E-state index in [0.717, 1.165) is 30.2 Å². The number of nitrogens with zero attached hydrogens (tertiary/aromatic N) is 5. The number of halogens is 2. The van der Waals surface area contributed by atoms with Gasteiger partial charge >= 0.3 is 0 Å². The molecule has 0 bridgehead atoms. The van der Waals surface area contributed by atoms with Crippen molar-refractivity contribution in [3.8, 4) is 11.4 Å². The molecule has 6 nitrogen and oxygen atoms in total. The number of hydrogen-bond acceptors (Lipinski definition) is 5. The number of amides is 1. The van der Waals surface area contributed by atoms with Crippen molar-refractivity contribution >= 4 is 35.0 Å². The van der Waals surface area contributed by atoms with Crippen molar-refractivity contribution in [1.82, 2.24) is 19.7 Å². The molecule has 0 radical (unpaired) electrons. The molecular formula is C24H29ClFN5OS. The summed E-state index contributed by atoms with van der Waals surface area (Å²) in [6.45, 7) is 8.06. The van der Waals surface area contributed by atoms with Gasteiger partial charge in [0.1, 0.15) is 5.82 Å². The van der Waals surface area contributed by atoms with E-state index in [4.69, 9.17) is 11.6 Å². The first kappa shape index (κ1) is 25.1. The molecule has 0 aliphatic heterocycles. The van der Waals surface area contributed by atoms with Gasteiger partial charge in [-0.1, -0.05) is 29.4 Å². The van der Waals surface area contributed by atoms with E-state index >= 15 is 0 Å². The molecule has 1 amide bonds. The summed E-state index contributed by atoms with van der Waals surface area (Å²) in [5, 5.41) is 9.14. The Bertz CT molecular complexity index is 1080. The molecule has 1 heterocycles. The number of rotatable bonds is 9. The first-order valence-corrected chi connectivity index (χ1v) is 12.1. The SMILES string of the molecule is CCN(CC)c1ccc(-c2nnc(SC(C)C(=O)N(C)Cc3c(F)cccc3Cl)n2C)cc1. The van der Waals surface area contributed by atoms with Gasteiger partial charge in [0.05, 0.1) is 5.25 Å². The van der Waals surface area contributed by atoms with Crippen LogP contribution in [-0.2, 0) is 18.4 Å². The number of anilines is 1. The average Bonchev–Trinajstić information content (AvgIpc) is 3.17. The molecule has 0 aliphatic carbocycles. The highest BCUT2D eigenvalue weighted by Crippen LogP contribution is 2.28. The van der Waals surface area contributed by atoms with E-state index in [1.165, 1.54) is 22.7 Å². The Morgan fingerprint density at radius 3 is 2.42 bits per heavy atom. The Labute approximate surface area is 203 Å². The van der Waals surface area contributed by atoms with Crippen molar-refractivity contribution in [3.63, 3.8) is 0 Å². The van der Waals surface area contributed by atoms with E-state index in [0.29, 0.717) is 15.7 Å². The maximum Gasteiger partial charge on any atom is 0.235 e. The standard InChI is InChI=1S/C24H29ClFN5OS/c1-6-31(7-2)18-13-11-17(12-14-18)22-27-28-24(30(22)5)33-16(3)23(32)29(4)15-19-20(25)9-8-10-21(19)26/h8-14,16H,6-7,15H2,1-5H3. The first-order valence-electron chi connectivity index (χ1n) is 10.9. The largest absolute Gasteiger partial charge is 0.372 e. The molecule has 0 spiro atoms. The van der Waals surface area contributed by atoms with Crippen molar-refractivity contribution in [1.29, 1.82) is 0 Å². The number of benzene rings is 2. The molecule has 176 valence electrons. The minimum Gasteiger partial charge on any atom is -0.372 e. The zero-order chi connectivity index (χ0) is 24.1. The summed E-state index contributed by atoms with van der Waals surface area (Å²) in [7, 11) is 3.53. The van der Waals surface area contributed by atoms with Crippen molar-refractivity contribution in [2.75, 3.05) is 25.0 Å². The smallest absolute Gasteiger partial charge is 0.235 e. The fraction of sp³-hybridized carbons (Fsp3) is 0.375. The molecule has 1 atom stereocenters. The van der Waals surface area contributed by atoms with Crippen LogP contribution in [-0.4, -0.2) is 51.0 Å². The van der Waals surface area contributed by atoms with E-state index < -0.39 is 11.1 Å². The highest BCUT2D eigenvalue weighted by Gasteiger charge is 2.23. The van der Waals surface area contributed by atoms with Gasteiger partial charge in [0.2, 0.25) is 5.91 Å². The third kappa shape index (κ3) is 5.68. The summed E-state index contributed by atoms with van der Waals surface area (Å²) in [5.74, 6) is 0.162. The Hall–Kier alpha value is -2.58. The van der Waals surface area contributed by atoms with Gasteiger partial charge in [0.15, 0.2) is 11.0 Å². The molecule has 0 aliphatic rings. The van der Waals surface area contributed by atoms with Gasteiger partial charge in [-0.2, -0.15) is 0 Å². The summed E-state index contributed by atoms with van der Waals surface area (Å²) in [4.78, 5) is 16.7. The van der Waals surface area contributed by atoms with Crippen LogP contribution in [0.2, 0.25) is 5.02 Å². The molecule has 3 rings (SSSR count). The molecule has 33 heavy (non-hydrogen) atoms. The van der Waals surface area contributed by atoms with Crippen LogP contribution in [0.1, 0.15) is 26.3 Å². The third-order valence-corrected chi connectivity index (χ3v) is 7.03. The number of thioether (sulfide) groups is 1. The lowest BCUT2D eigenvalue weighted by molar-refractivity contribution is -0.129. The number of carbonyl (C=O) groups is 1. The Kier molecular flexibility index (Phi) is 8.37. The topological polar surface area (TPSA) is 54.3 Å². The third-order valence-electron chi connectivity index (χ3n) is 5.55. The Morgan fingerprint density at radius 1 is 1.15 bits per heavy atom. The van der Waals surface area contributed by atoms with Gasteiger partial charge in [-0.15, -0.1) is 10.2 Å². The monoisotopic (exact) mass is 489 g/mol. The summed E-state index contributed by atoms with van der Waals surface area (Å²) in [6.07, 6.45) is 0. The van der Waals surface area contributed by atoms with Crippen LogP contribution in [0.5, 0.6) is 0 Å². The van der Waals surface area contributed by atoms with Crippen LogP contribution in [0.25, 0.3) is 11.4 Å². The second kappa shape index (κ2) is 11.0. The van der Waals surface area contributed by atoms with E-state index in [-0.39, 0.29) is 12.5 Å². The minimum absolute atomic E-state index is 0.0954. The molecule has 1 unspecified atom stereocenters. The van der Waals surface area contributed by atoms with Crippen LogP contribution in [0.4, 0.5) is 10.1 Å². The fourth-order valence-corrected chi connectivity index (χ4v) is 4.75. The van der Waals surface area contributed by atoms with Crippen molar-refractivity contribution in [2.24, 2.45) is 7.05 Å². The lowest BCUT2D eigenvalue weighted by Crippen LogP contribution is -2.33. The van der Waals surface area contributed by atoms with Crippen molar-refractivity contribution < 1.29 is 9.18 Å². The van der Waals surface area contributed by atoms with Gasteiger partial charge in [-0.25, -0.2) is 4.39 Å². The summed E-state index contributed by atoms with van der Waals surface area (Å²) >= 11 is 7.42. The lowest BCUT2D eigenvalue weighted by Gasteiger charge is -2.22. The van der Waals surface area contributed by atoms with Gasteiger partial charge < -0.3 is 14.4 Å². The molecule has 1 aromatic heterocycles. The van der Waals surface area contributed by atoms with Crippen molar-refractivity contribution in [3.05, 3.63) is 58.9 Å². The highest BCUT2D eigenvalue weighted by atomic mass is 35.5. The molecule has 3 aromatic rings. The molecule has 0 saturated carbocycles. The summed E-state index contributed by atoms with van der Waals surface area (Å²) in [6, 6.07) is 12.7. The predicted molar refractivity (Wildman–Crippen MR) is 133 cm³/mol. The number of carbonyl (C=O) groups excluding carboxylic acids is 1. The van der Waals surface area contributed by atoms with Crippen LogP contribution in [0, 0.1) is 5.82 Å². The Morgan fingerprint density at radius 2 is 1.82 bits per heavy atom. The molecular weight excluding hydrogens is 461 g/mol. The van der Waals surface area contributed by atoms with Gasteiger partial charge in [0, 0.05) is 55.6 Å². The number of aromatic nitrogens is 3. The molecule has 0 saturated heterocycles. The van der Waals surface area contributed by atoms with Crippen LogP contribution in [0.3, 0.4) is 0 Å². The van der Waals surface area contributed by atoms with Crippen LogP contribution >= 0.6 is 23.4 Å². The molecule has 9 heteroatoms. The average molecular weight is 490 g/mol. The first-order chi connectivity index (χ1) is 15.8. The quantitative estimate of drug-likeness (QED) is 0.384. The summed E-state index contributed by atoms with van der Waals surface area (Å²) in [5.41, 5.74) is 2.43. The highest BCUT2D eigenvalue weighted by molar-refractivity contribution is 8.00. The van der Waals surface area contributed by atoms with E-state index in [1.807, 2.05) is 23.7 Å². The van der Waals surface area contributed by atoms with E-state index in [2.05, 4.69) is 41.1 Å². The predicted octanol–water partition coefficient (Wildman–Crippen LogP) is 5.26. The van der Waals surface area contributed by atoms with Gasteiger partial charge in [-0.3, -0.25) is 4.79 Å². The zero-order valence-corrected chi connectivity index (χ0v) is 21.1. The molecule has 2 aromatic carbocycles. The number of hydrogen-bond donors (Lipinski definition) is 0. The van der Waals surface area contributed by atoms with E-state index in [9.17, 15) is 9.18 Å². The second-order valence-corrected chi connectivity index (χ2v) is 9.45. The maximum atomic E-state index is 14.1. The van der Waals surface area contributed by atoms with Gasteiger partial charge in [-0.05, 0) is 57.2 Å². The lowest BCUT2D eigenvalue weighted by atomic mass is 10.2. The Balaban J connectivity index is 1.69. The van der Waals surface area contributed by atoms with Gasteiger partial charge in [0.25, 0.3) is 0 Å². The van der Waals surface area contributed by atoms with E-state index in [1.54, 1.807) is 26.1 Å². The minimum atomic E-state index is -0.429. The molecule has 0 fully saturated rings. The maximum absolute atomic E-state index is 14.1. The normalized spacial score (nSPS) is 12.0. The van der Waals surface area contributed by atoms with Crippen molar-refractivity contribution in [2.45, 2.75) is 37.7 Å². The van der Waals surface area contributed by atoms with Crippen LogP contribution < -0.4 is 4.90 Å². The fourth-order valence-electron chi connectivity index (χ4n) is 3.60.